The second kappa shape index (κ2) is 9.93. The third-order valence-electron chi connectivity index (χ3n) is 5.60. The lowest BCUT2D eigenvalue weighted by Gasteiger charge is -2.42. The number of carbonyl (C=O) groups excluding carboxylic acids is 3. The molecule has 0 radical (unpaired) electrons. The summed E-state index contributed by atoms with van der Waals surface area (Å²) < 4.78 is 12.1. The molecule has 8 nitrogen and oxygen atoms in total. The van der Waals surface area contributed by atoms with Gasteiger partial charge in [-0.25, -0.2) is 0 Å². The third-order valence-corrected chi connectivity index (χ3v) is 5.60. The minimum Gasteiger partial charge on any atom is -0.490 e. The molecule has 2 aliphatic rings. The first-order valence-corrected chi connectivity index (χ1v) is 10.7. The van der Waals surface area contributed by atoms with Gasteiger partial charge in [-0.3, -0.25) is 14.4 Å². The normalized spacial score (nSPS) is 23.4. The molecule has 2 aliphatic heterocycles. The van der Waals surface area contributed by atoms with E-state index in [1.54, 1.807) is 37.1 Å². The maximum Gasteiger partial charge on any atom is 0.257 e. The number of hydrogen-bond acceptors (Lipinski definition) is 5. The van der Waals surface area contributed by atoms with Crippen LogP contribution in [-0.4, -0.2) is 61.1 Å². The van der Waals surface area contributed by atoms with Crippen molar-refractivity contribution >= 4 is 23.4 Å². The smallest absolute Gasteiger partial charge is 0.257 e. The molecule has 1 fully saturated rings. The van der Waals surface area contributed by atoms with Gasteiger partial charge in [0.2, 0.25) is 11.8 Å². The highest BCUT2D eigenvalue weighted by atomic mass is 16.5. The van der Waals surface area contributed by atoms with Crippen LogP contribution in [0.2, 0.25) is 0 Å². The van der Waals surface area contributed by atoms with Crippen LogP contribution in [-0.2, 0) is 14.3 Å². The third kappa shape index (κ3) is 5.11. The number of amides is 3. The highest BCUT2D eigenvalue weighted by Gasteiger charge is 2.39. The molecule has 0 aliphatic carbocycles. The zero-order valence-electron chi connectivity index (χ0n) is 17.9. The highest BCUT2D eigenvalue weighted by molar-refractivity contribution is 5.99. The number of likely N-dealkylation sites (N-methyl/N-ethyl adjacent to an activating group) is 1. The van der Waals surface area contributed by atoms with E-state index in [1.165, 1.54) is 0 Å². The van der Waals surface area contributed by atoms with Gasteiger partial charge in [-0.05, 0) is 37.5 Å². The topological polar surface area (TPSA) is 97.0 Å². The molecule has 0 spiro atoms. The van der Waals surface area contributed by atoms with Gasteiger partial charge in [-0.1, -0.05) is 13.8 Å². The minimum atomic E-state index is -0.302. The number of nitrogens with one attached hydrogen (secondary N) is 2. The van der Waals surface area contributed by atoms with Crippen LogP contribution in [0.5, 0.6) is 5.75 Å². The van der Waals surface area contributed by atoms with Crippen molar-refractivity contribution < 1.29 is 23.9 Å². The molecule has 1 aromatic carbocycles. The Morgan fingerprint density at radius 2 is 2.00 bits per heavy atom. The molecule has 2 N–H and O–H groups in total. The van der Waals surface area contributed by atoms with E-state index in [2.05, 4.69) is 10.6 Å². The lowest BCUT2D eigenvalue weighted by molar-refractivity contribution is -0.134. The van der Waals surface area contributed by atoms with Crippen molar-refractivity contribution in [2.24, 2.45) is 0 Å². The molecule has 3 rings (SSSR count). The summed E-state index contributed by atoms with van der Waals surface area (Å²) >= 11 is 0. The van der Waals surface area contributed by atoms with Crippen molar-refractivity contribution in [2.75, 3.05) is 25.5 Å². The number of carbonyl (C=O) groups is 3. The molecule has 0 saturated carbocycles. The predicted molar refractivity (Wildman–Crippen MR) is 113 cm³/mol. The first-order chi connectivity index (χ1) is 14.4. The van der Waals surface area contributed by atoms with Gasteiger partial charge in [0.25, 0.3) is 5.91 Å². The van der Waals surface area contributed by atoms with Gasteiger partial charge in [0.05, 0.1) is 24.1 Å². The number of rotatable bonds is 6. The molecule has 8 heteroatoms. The van der Waals surface area contributed by atoms with Crippen molar-refractivity contribution in [3.05, 3.63) is 23.8 Å². The number of benzene rings is 1. The Morgan fingerprint density at radius 3 is 2.73 bits per heavy atom. The Hall–Kier alpha value is -2.61. The number of anilines is 1. The van der Waals surface area contributed by atoms with E-state index in [1.807, 2.05) is 6.92 Å². The van der Waals surface area contributed by atoms with E-state index in [4.69, 9.17) is 9.47 Å². The van der Waals surface area contributed by atoms with Crippen LogP contribution in [0.25, 0.3) is 0 Å². The minimum absolute atomic E-state index is 0.0107. The molecule has 164 valence electrons. The van der Waals surface area contributed by atoms with Gasteiger partial charge in [0, 0.05) is 25.7 Å². The van der Waals surface area contributed by atoms with E-state index in [0.717, 1.165) is 12.8 Å². The molecule has 1 saturated heterocycles. The first kappa shape index (κ1) is 22.1. The molecule has 0 bridgehead atoms. The monoisotopic (exact) mass is 417 g/mol. The fraction of sp³-hybridized carbons (Fsp3) is 0.591. The summed E-state index contributed by atoms with van der Waals surface area (Å²) in [6.07, 6.45) is 2.54. The van der Waals surface area contributed by atoms with Crippen molar-refractivity contribution in [3.8, 4) is 5.75 Å². The molecule has 1 aromatic rings. The van der Waals surface area contributed by atoms with Gasteiger partial charge >= 0.3 is 0 Å². The maximum atomic E-state index is 13.1. The molecular formula is C22H31N3O5. The lowest BCUT2D eigenvalue weighted by Crippen LogP contribution is -2.54. The van der Waals surface area contributed by atoms with Gasteiger partial charge in [0.15, 0.2) is 0 Å². The molecule has 2 heterocycles. The second-order valence-corrected chi connectivity index (χ2v) is 7.84. The number of ether oxygens (including phenoxy) is 2. The van der Waals surface area contributed by atoms with Crippen LogP contribution in [0.15, 0.2) is 18.2 Å². The van der Waals surface area contributed by atoms with Crippen molar-refractivity contribution in [3.63, 3.8) is 0 Å². The quantitative estimate of drug-likeness (QED) is 0.741. The van der Waals surface area contributed by atoms with Crippen molar-refractivity contribution in [1.29, 1.82) is 0 Å². The van der Waals surface area contributed by atoms with Crippen LogP contribution in [0, 0.1) is 0 Å². The van der Waals surface area contributed by atoms with Gasteiger partial charge in [0.1, 0.15) is 18.5 Å². The lowest BCUT2D eigenvalue weighted by atomic mass is 9.94. The van der Waals surface area contributed by atoms with E-state index in [9.17, 15) is 14.4 Å². The molecule has 3 atom stereocenters. The van der Waals surface area contributed by atoms with Crippen LogP contribution >= 0.6 is 0 Å². The summed E-state index contributed by atoms with van der Waals surface area (Å²) in [6.45, 7) is 4.74. The Bertz CT molecular complexity index is 797. The number of nitrogens with zero attached hydrogens (tertiary/aromatic N) is 1. The summed E-state index contributed by atoms with van der Waals surface area (Å²) in [4.78, 5) is 38.6. The fourth-order valence-corrected chi connectivity index (χ4v) is 3.90. The van der Waals surface area contributed by atoms with Gasteiger partial charge in [-0.2, -0.15) is 0 Å². The van der Waals surface area contributed by atoms with E-state index in [-0.39, 0.29) is 36.0 Å². The fourth-order valence-electron chi connectivity index (χ4n) is 3.90. The van der Waals surface area contributed by atoms with E-state index < -0.39 is 0 Å². The Balaban J connectivity index is 1.72. The summed E-state index contributed by atoms with van der Waals surface area (Å²) in [5.74, 6) is 0.169. The molecule has 30 heavy (non-hydrogen) atoms. The second-order valence-electron chi connectivity index (χ2n) is 7.84. The first-order valence-electron chi connectivity index (χ1n) is 10.7. The summed E-state index contributed by atoms with van der Waals surface area (Å²) in [5, 5.41) is 5.66. The Kier molecular flexibility index (Phi) is 7.31. The largest absolute Gasteiger partial charge is 0.490 e. The average Bonchev–Trinajstić information content (AvgIpc) is 2.75. The van der Waals surface area contributed by atoms with Crippen molar-refractivity contribution in [2.45, 2.75) is 64.2 Å². The van der Waals surface area contributed by atoms with E-state index >= 15 is 0 Å². The summed E-state index contributed by atoms with van der Waals surface area (Å²) in [5.41, 5.74) is 0.993. The van der Waals surface area contributed by atoms with Crippen LogP contribution in [0.3, 0.4) is 0 Å². The molecule has 3 amide bonds. The molecule has 0 unspecified atom stereocenters. The Morgan fingerprint density at radius 1 is 1.20 bits per heavy atom. The van der Waals surface area contributed by atoms with Gasteiger partial charge in [-0.15, -0.1) is 0 Å². The van der Waals surface area contributed by atoms with Gasteiger partial charge < -0.3 is 25.0 Å². The SMILES string of the molecule is CCCNC(=O)C[C@H]1CC[C@@H]2[C@H](COc3ccc(NC(=O)CC)cc3C(=O)N2C)O1. The Labute approximate surface area is 177 Å². The number of hydrogen-bond donors (Lipinski definition) is 2. The standard InChI is InChI=1S/C22H31N3O5/c1-4-10-23-21(27)12-15-7-8-17-19(30-15)13-29-18-9-6-14(24-20(26)5-2)11-16(18)22(28)25(17)3/h6,9,11,15,17,19H,4-5,7-8,10,12-13H2,1-3H3,(H,23,27)(H,24,26)/t15-,17-,19+/m1/s1. The zero-order valence-corrected chi connectivity index (χ0v) is 17.9. The van der Waals surface area contributed by atoms with Crippen LogP contribution in [0.4, 0.5) is 5.69 Å². The predicted octanol–water partition coefficient (Wildman–Crippen LogP) is 2.33. The molecular weight excluding hydrogens is 386 g/mol. The maximum absolute atomic E-state index is 13.1. The molecule has 0 aromatic heterocycles. The average molecular weight is 418 g/mol. The highest BCUT2D eigenvalue weighted by Crippen LogP contribution is 2.32. The van der Waals surface area contributed by atoms with Crippen molar-refractivity contribution in [1.82, 2.24) is 10.2 Å². The van der Waals surface area contributed by atoms with E-state index in [0.29, 0.717) is 49.4 Å². The summed E-state index contributed by atoms with van der Waals surface area (Å²) in [6, 6.07) is 4.95. The zero-order chi connectivity index (χ0) is 21.7. The number of fused-ring (bicyclic) bond motifs is 2. The van der Waals surface area contributed by atoms with Crippen LogP contribution in [0.1, 0.15) is 56.3 Å². The summed E-state index contributed by atoms with van der Waals surface area (Å²) in [7, 11) is 1.77. The van der Waals surface area contributed by atoms with Crippen LogP contribution < -0.4 is 15.4 Å².